The second-order valence-electron chi connectivity index (χ2n) is 7.11. The van der Waals surface area contributed by atoms with E-state index in [2.05, 4.69) is 39.7 Å². The number of carbonyl (C=O) groups is 1. The van der Waals surface area contributed by atoms with Crippen LogP contribution in [0, 0.1) is 0 Å². The summed E-state index contributed by atoms with van der Waals surface area (Å²) in [6, 6.07) is 21.9. The fourth-order valence-corrected chi connectivity index (χ4v) is 4.28. The van der Waals surface area contributed by atoms with Crippen LogP contribution in [-0.2, 0) is 6.54 Å². The van der Waals surface area contributed by atoms with Crippen molar-refractivity contribution in [2.24, 2.45) is 0 Å². The first-order chi connectivity index (χ1) is 15.1. The molecule has 152 valence electrons. The lowest BCUT2D eigenvalue weighted by molar-refractivity contribution is 0.102. The van der Waals surface area contributed by atoms with E-state index in [9.17, 15) is 4.79 Å². The summed E-state index contributed by atoms with van der Waals surface area (Å²) in [6.07, 6.45) is 3.34. The number of aromatic nitrogens is 3. The quantitative estimate of drug-likeness (QED) is 0.355. The summed E-state index contributed by atoms with van der Waals surface area (Å²) in [7, 11) is 0. The van der Waals surface area contributed by atoms with E-state index < -0.39 is 0 Å². The topological polar surface area (TPSA) is 59.8 Å². The summed E-state index contributed by atoms with van der Waals surface area (Å²) in [5, 5.41) is 12.5. The van der Waals surface area contributed by atoms with Gasteiger partial charge in [-0.15, -0.1) is 11.3 Å². The normalized spacial score (nSPS) is 11.0. The highest BCUT2D eigenvalue weighted by Gasteiger charge is 2.11. The van der Waals surface area contributed by atoms with E-state index in [0.29, 0.717) is 22.3 Å². The number of carbonyl (C=O) groups excluding carboxylic acids is 1. The summed E-state index contributed by atoms with van der Waals surface area (Å²) in [6.45, 7) is 0.539. The lowest BCUT2D eigenvalue weighted by Crippen LogP contribution is -2.12. The van der Waals surface area contributed by atoms with Gasteiger partial charge in [0.15, 0.2) is 5.13 Å². The number of rotatable bonds is 5. The molecule has 7 heteroatoms. The molecular formula is C24H17ClN4OS. The summed E-state index contributed by atoms with van der Waals surface area (Å²) in [5.74, 6) is -0.195. The van der Waals surface area contributed by atoms with Crippen LogP contribution in [0.2, 0.25) is 5.02 Å². The van der Waals surface area contributed by atoms with Crippen LogP contribution in [0.3, 0.4) is 0 Å². The van der Waals surface area contributed by atoms with Crippen LogP contribution in [0.5, 0.6) is 0 Å². The van der Waals surface area contributed by atoms with Crippen molar-refractivity contribution in [2.45, 2.75) is 6.54 Å². The monoisotopic (exact) mass is 444 g/mol. The third-order valence-electron chi connectivity index (χ3n) is 4.91. The van der Waals surface area contributed by atoms with Gasteiger partial charge in [0.2, 0.25) is 0 Å². The van der Waals surface area contributed by atoms with Crippen LogP contribution in [0.1, 0.15) is 15.9 Å². The molecule has 0 unspecified atom stereocenters. The Morgan fingerprint density at radius 3 is 2.74 bits per heavy atom. The maximum absolute atomic E-state index is 12.8. The Hall–Kier alpha value is -3.48. The minimum absolute atomic E-state index is 0.195. The van der Waals surface area contributed by atoms with E-state index in [4.69, 9.17) is 11.6 Å². The smallest absolute Gasteiger partial charge is 0.257 e. The number of nitrogens with one attached hydrogen (secondary N) is 1. The third kappa shape index (κ3) is 4.35. The molecule has 0 bridgehead atoms. The zero-order chi connectivity index (χ0) is 21.2. The third-order valence-corrected chi connectivity index (χ3v) is 5.86. The van der Waals surface area contributed by atoms with Gasteiger partial charge in [-0.05, 0) is 34.5 Å². The largest absolute Gasteiger partial charge is 0.298 e. The number of thiazole rings is 1. The molecule has 0 spiro atoms. The van der Waals surface area contributed by atoms with Crippen LogP contribution in [0.15, 0.2) is 84.5 Å². The molecule has 5 nitrogen and oxygen atoms in total. The maximum atomic E-state index is 12.8. The molecule has 2 heterocycles. The van der Waals surface area contributed by atoms with Gasteiger partial charge >= 0.3 is 0 Å². The second kappa shape index (κ2) is 8.34. The molecule has 0 aliphatic heterocycles. The number of halogens is 1. The van der Waals surface area contributed by atoms with Crippen molar-refractivity contribution in [3.05, 3.63) is 101 Å². The van der Waals surface area contributed by atoms with Crippen LogP contribution < -0.4 is 5.32 Å². The highest BCUT2D eigenvalue weighted by Crippen LogP contribution is 2.28. The summed E-state index contributed by atoms with van der Waals surface area (Å²) >= 11 is 7.33. The molecule has 0 radical (unpaired) electrons. The molecule has 31 heavy (non-hydrogen) atoms. The molecule has 2 aromatic heterocycles. The summed E-state index contributed by atoms with van der Waals surface area (Å²) in [4.78, 5) is 17.4. The number of benzene rings is 3. The first kappa shape index (κ1) is 19.5. The minimum atomic E-state index is -0.195. The highest BCUT2D eigenvalue weighted by molar-refractivity contribution is 7.14. The molecule has 5 rings (SSSR count). The van der Waals surface area contributed by atoms with Gasteiger partial charge in [-0.25, -0.2) is 4.98 Å². The van der Waals surface area contributed by atoms with E-state index in [1.807, 2.05) is 41.8 Å². The Kier molecular flexibility index (Phi) is 5.24. The van der Waals surface area contributed by atoms with E-state index in [1.165, 1.54) is 16.7 Å². The first-order valence-electron chi connectivity index (χ1n) is 9.67. The average molecular weight is 445 g/mol. The van der Waals surface area contributed by atoms with Gasteiger partial charge in [-0.2, -0.15) is 5.10 Å². The fourth-order valence-electron chi connectivity index (χ4n) is 3.40. The van der Waals surface area contributed by atoms with Gasteiger partial charge < -0.3 is 0 Å². The summed E-state index contributed by atoms with van der Waals surface area (Å²) < 4.78 is 1.73. The lowest BCUT2D eigenvalue weighted by Gasteiger charge is -2.06. The van der Waals surface area contributed by atoms with Crippen molar-refractivity contribution in [1.82, 2.24) is 14.8 Å². The van der Waals surface area contributed by atoms with Gasteiger partial charge in [-0.1, -0.05) is 60.1 Å². The Balaban J connectivity index is 1.32. The zero-order valence-corrected chi connectivity index (χ0v) is 17.9. The molecule has 3 aromatic carbocycles. The SMILES string of the molecule is O=C(Nc1nc(-c2ccc3ccccc3c2)cs1)c1cccc(Cn2cc(Cl)cn2)c1. The number of hydrogen-bond donors (Lipinski definition) is 1. The van der Waals surface area contributed by atoms with Gasteiger partial charge in [0.05, 0.1) is 23.5 Å². The number of fused-ring (bicyclic) bond motifs is 1. The Morgan fingerprint density at radius 1 is 1.03 bits per heavy atom. The molecule has 0 fully saturated rings. The maximum Gasteiger partial charge on any atom is 0.257 e. The molecule has 5 aromatic rings. The van der Waals surface area contributed by atoms with Crippen LogP contribution in [-0.4, -0.2) is 20.7 Å². The molecule has 0 saturated carbocycles. The molecule has 1 N–H and O–H groups in total. The average Bonchev–Trinajstić information content (AvgIpc) is 3.42. The summed E-state index contributed by atoms with van der Waals surface area (Å²) in [5.41, 5.74) is 3.40. The van der Waals surface area contributed by atoms with Crippen LogP contribution >= 0.6 is 22.9 Å². The van der Waals surface area contributed by atoms with E-state index in [0.717, 1.165) is 22.2 Å². The van der Waals surface area contributed by atoms with Crippen molar-refractivity contribution >= 4 is 44.7 Å². The predicted molar refractivity (Wildman–Crippen MR) is 126 cm³/mol. The molecular weight excluding hydrogens is 428 g/mol. The Labute approximate surface area is 187 Å². The molecule has 0 saturated heterocycles. The van der Waals surface area contributed by atoms with Crippen molar-refractivity contribution in [3.63, 3.8) is 0 Å². The van der Waals surface area contributed by atoms with Crippen molar-refractivity contribution < 1.29 is 4.79 Å². The van der Waals surface area contributed by atoms with Crippen molar-refractivity contribution in [1.29, 1.82) is 0 Å². The van der Waals surface area contributed by atoms with Gasteiger partial charge in [-0.3, -0.25) is 14.8 Å². The zero-order valence-electron chi connectivity index (χ0n) is 16.3. The Bertz CT molecular complexity index is 1390. The van der Waals surface area contributed by atoms with Crippen LogP contribution in [0.25, 0.3) is 22.0 Å². The van der Waals surface area contributed by atoms with Gasteiger partial charge in [0.1, 0.15) is 0 Å². The van der Waals surface area contributed by atoms with Gasteiger partial charge in [0.25, 0.3) is 5.91 Å². The molecule has 0 aliphatic carbocycles. The molecule has 0 aliphatic rings. The Morgan fingerprint density at radius 2 is 1.90 bits per heavy atom. The van der Waals surface area contributed by atoms with E-state index in [1.54, 1.807) is 23.1 Å². The molecule has 1 amide bonds. The van der Waals surface area contributed by atoms with Crippen LogP contribution in [0.4, 0.5) is 5.13 Å². The number of amides is 1. The van der Waals surface area contributed by atoms with Crippen molar-refractivity contribution in [3.8, 4) is 11.3 Å². The number of hydrogen-bond acceptors (Lipinski definition) is 4. The second-order valence-corrected chi connectivity index (χ2v) is 8.41. The number of nitrogens with zero attached hydrogens (tertiary/aromatic N) is 3. The lowest BCUT2D eigenvalue weighted by atomic mass is 10.1. The molecule has 0 atom stereocenters. The van der Waals surface area contributed by atoms with E-state index in [-0.39, 0.29) is 5.91 Å². The van der Waals surface area contributed by atoms with Gasteiger partial charge in [0, 0.05) is 22.7 Å². The standard InChI is InChI=1S/C24H17ClN4OS/c25-21-12-26-29(14-21)13-16-4-3-7-20(10-16)23(30)28-24-27-22(15-31-24)19-9-8-17-5-1-2-6-18(17)11-19/h1-12,14-15H,13H2,(H,27,28,30). The highest BCUT2D eigenvalue weighted by atomic mass is 35.5. The number of anilines is 1. The minimum Gasteiger partial charge on any atom is -0.298 e. The van der Waals surface area contributed by atoms with E-state index >= 15 is 0 Å². The first-order valence-corrected chi connectivity index (χ1v) is 10.9. The van der Waals surface area contributed by atoms with Crippen molar-refractivity contribution in [2.75, 3.05) is 5.32 Å². The predicted octanol–water partition coefficient (Wildman–Crippen LogP) is 6.11. The fraction of sp³-hybridized carbons (Fsp3) is 0.0417.